The Bertz CT molecular complexity index is 342. The number of carbonyl (C=O) groups excluding carboxylic acids is 1. The number of aromatic amines is 1. The number of hydrogen-bond acceptors (Lipinski definition) is 4. The molecule has 1 aromatic heterocycles. The molecule has 0 aliphatic carbocycles. The lowest BCUT2D eigenvalue weighted by atomic mass is 9.95. The van der Waals surface area contributed by atoms with Gasteiger partial charge in [-0.05, 0) is 19.8 Å². The van der Waals surface area contributed by atoms with Crippen molar-refractivity contribution in [1.29, 1.82) is 0 Å². The number of carbonyl (C=O) groups is 1. The fourth-order valence-electron chi connectivity index (χ4n) is 1.14. The van der Waals surface area contributed by atoms with Gasteiger partial charge in [0.2, 0.25) is 11.8 Å². The lowest BCUT2D eigenvalue weighted by Gasteiger charge is -2.27. The van der Waals surface area contributed by atoms with Gasteiger partial charge in [-0.2, -0.15) is 4.98 Å². The van der Waals surface area contributed by atoms with Crippen molar-refractivity contribution < 1.29 is 4.79 Å². The maximum Gasteiger partial charge on any atom is 0.289 e. The molecule has 84 valence electrons. The van der Waals surface area contributed by atoms with Crippen LogP contribution in [-0.4, -0.2) is 26.6 Å². The van der Waals surface area contributed by atoms with Crippen LogP contribution in [0.2, 0.25) is 0 Å². The number of nitrogens with zero attached hydrogens (tertiary/aromatic N) is 2. The van der Waals surface area contributed by atoms with Crippen molar-refractivity contribution in [2.75, 3.05) is 5.73 Å². The zero-order chi connectivity index (χ0) is 11.5. The van der Waals surface area contributed by atoms with Gasteiger partial charge in [0.25, 0.3) is 5.91 Å². The standard InChI is InChI=1S/C9H17N5O/c1-4-9(3,5-2)12-7(15)6-11-8(10)14-13-6/h4-5H2,1-3H3,(H,12,15)(H3,10,11,13,14). The number of nitrogens with one attached hydrogen (secondary N) is 2. The van der Waals surface area contributed by atoms with Crippen molar-refractivity contribution in [2.45, 2.75) is 39.2 Å². The number of nitrogen functional groups attached to an aromatic ring is 1. The van der Waals surface area contributed by atoms with Crippen molar-refractivity contribution in [3.8, 4) is 0 Å². The second kappa shape index (κ2) is 4.29. The number of anilines is 1. The third-order valence-corrected chi connectivity index (χ3v) is 2.69. The average molecular weight is 211 g/mol. The minimum absolute atomic E-state index is 0.0786. The van der Waals surface area contributed by atoms with E-state index in [2.05, 4.69) is 20.5 Å². The van der Waals surface area contributed by atoms with Crippen molar-refractivity contribution >= 4 is 11.9 Å². The highest BCUT2D eigenvalue weighted by atomic mass is 16.2. The maximum absolute atomic E-state index is 11.7. The SMILES string of the molecule is CCC(C)(CC)NC(=O)c1nc(N)n[nH]1. The van der Waals surface area contributed by atoms with Crippen molar-refractivity contribution in [1.82, 2.24) is 20.5 Å². The van der Waals surface area contributed by atoms with E-state index in [4.69, 9.17) is 5.73 Å². The summed E-state index contributed by atoms with van der Waals surface area (Å²) in [6.07, 6.45) is 1.72. The summed E-state index contributed by atoms with van der Waals surface area (Å²) in [4.78, 5) is 15.5. The normalized spacial score (nSPS) is 11.4. The number of hydrogen-bond donors (Lipinski definition) is 3. The molecule has 0 spiro atoms. The van der Waals surface area contributed by atoms with Crippen LogP contribution in [0.1, 0.15) is 44.2 Å². The Morgan fingerprint density at radius 2 is 2.13 bits per heavy atom. The van der Waals surface area contributed by atoms with Crippen LogP contribution in [0.5, 0.6) is 0 Å². The molecule has 6 heteroatoms. The summed E-state index contributed by atoms with van der Waals surface area (Å²) in [6.45, 7) is 6.04. The third-order valence-electron chi connectivity index (χ3n) is 2.69. The summed E-state index contributed by atoms with van der Waals surface area (Å²) in [5.74, 6) is -0.0409. The maximum atomic E-state index is 11.7. The highest BCUT2D eigenvalue weighted by Gasteiger charge is 2.23. The molecule has 1 amide bonds. The van der Waals surface area contributed by atoms with Crippen LogP contribution in [0, 0.1) is 0 Å². The first-order valence-corrected chi connectivity index (χ1v) is 5.01. The van der Waals surface area contributed by atoms with Gasteiger partial charge in [0.15, 0.2) is 0 Å². The van der Waals surface area contributed by atoms with Gasteiger partial charge in [-0.1, -0.05) is 13.8 Å². The van der Waals surface area contributed by atoms with E-state index < -0.39 is 0 Å². The smallest absolute Gasteiger partial charge is 0.289 e. The van der Waals surface area contributed by atoms with Crippen LogP contribution in [0.3, 0.4) is 0 Å². The summed E-state index contributed by atoms with van der Waals surface area (Å²) in [6, 6.07) is 0. The Kier molecular flexibility index (Phi) is 3.28. The van der Waals surface area contributed by atoms with Crippen molar-refractivity contribution in [2.24, 2.45) is 0 Å². The molecule has 0 fully saturated rings. The zero-order valence-corrected chi connectivity index (χ0v) is 9.29. The topological polar surface area (TPSA) is 96.7 Å². The van der Waals surface area contributed by atoms with Crippen LogP contribution in [0.25, 0.3) is 0 Å². The first kappa shape index (κ1) is 11.5. The summed E-state index contributed by atoms with van der Waals surface area (Å²) < 4.78 is 0. The van der Waals surface area contributed by atoms with Gasteiger partial charge in [0.05, 0.1) is 0 Å². The Labute approximate surface area is 88.7 Å². The van der Waals surface area contributed by atoms with E-state index in [-0.39, 0.29) is 23.2 Å². The Morgan fingerprint density at radius 1 is 1.53 bits per heavy atom. The lowest BCUT2D eigenvalue weighted by molar-refractivity contribution is 0.0890. The molecule has 0 aliphatic rings. The minimum atomic E-state index is -0.273. The average Bonchev–Trinajstić information content (AvgIpc) is 2.65. The molecule has 1 rings (SSSR count). The van der Waals surface area contributed by atoms with E-state index in [1.54, 1.807) is 0 Å². The predicted molar refractivity (Wildman–Crippen MR) is 57.2 cm³/mol. The summed E-state index contributed by atoms with van der Waals surface area (Å²) >= 11 is 0. The van der Waals surface area contributed by atoms with Crippen LogP contribution >= 0.6 is 0 Å². The van der Waals surface area contributed by atoms with Crippen molar-refractivity contribution in [3.05, 3.63) is 5.82 Å². The second-order valence-corrected chi connectivity index (χ2v) is 3.76. The molecule has 0 radical (unpaired) electrons. The van der Waals surface area contributed by atoms with E-state index >= 15 is 0 Å². The molecule has 15 heavy (non-hydrogen) atoms. The summed E-state index contributed by atoms with van der Waals surface area (Å²) in [5.41, 5.74) is 5.10. The molecule has 0 saturated carbocycles. The first-order valence-electron chi connectivity index (χ1n) is 5.01. The van der Waals surface area contributed by atoms with Gasteiger partial charge in [-0.3, -0.25) is 9.89 Å². The van der Waals surface area contributed by atoms with Gasteiger partial charge >= 0.3 is 0 Å². The molecule has 1 heterocycles. The number of rotatable bonds is 4. The van der Waals surface area contributed by atoms with E-state index in [9.17, 15) is 4.79 Å². The number of H-pyrrole nitrogens is 1. The fraction of sp³-hybridized carbons (Fsp3) is 0.667. The van der Waals surface area contributed by atoms with E-state index in [0.29, 0.717) is 0 Å². The molecule has 0 atom stereocenters. The van der Waals surface area contributed by atoms with E-state index in [1.807, 2.05) is 20.8 Å². The number of amides is 1. The minimum Gasteiger partial charge on any atom is -0.366 e. The van der Waals surface area contributed by atoms with Crippen LogP contribution in [0.4, 0.5) is 5.95 Å². The summed E-state index contributed by atoms with van der Waals surface area (Å²) in [5, 5.41) is 8.97. The Hall–Kier alpha value is -1.59. The predicted octanol–water partition coefficient (Wildman–Crippen LogP) is 0.695. The van der Waals surface area contributed by atoms with Gasteiger partial charge in [-0.15, -0.1) is 5.10 Å². The molecule has 0 aromatic carbocycles. The fourth-order valence-corrected chi connectivity index (χ4v) is 1.14. The van der Waals surface area contributed by atoms with E-state index in [0.717, 1.165) is 12.8 Å². The van der Waals surface area contributed by atoms with Gasteiger partial charge in [0.1, 0.15) is 0 Å². The molecule has 0 bridgehead atoms. The highest BCUT2D eigenvalue weighted by Crippen LogP contribution is 2.13. The largest absolute Gasteiger partial charge is 0.366 e. The van der Waals surface area contributed by atoms with Gasteiger partial charge in [0, 0.05) is 5.54 Å². The Morgan fingerprint density at radius 3 is 2.53 bits per heavy atom. The molecule has 1 aromatic rings. The number of aromatic nitrogens is 3. The molecule has 6 nitrogen and oxygen atoms in total. The van der Waals surface area contributed by atoms with Crippen LogP contribution in [-0.2, 0) is 0 Å². The molecule has 0 aliphatic heterocycles. The molecular formula is C9H17N5O. The first-order chi connectivity index (χ1) is 7.00. The number of nitrogens with two attached hydrogens (primary N) is 1. The zero-order valence-electron chi connectivity index (χ0n) is 9.29. The van der Waals surface area contributed by atoms with Crippen LogP contribution in [0.15, 0.2) is 0 Å². The van der Waals surface area contributed by atoms with Gasteiger partial charge in [-0.25, -0.2) is 0 Å². The second-order valence-electron chi connectivity index (χ2n) is 3.76. The Balaban J connectivity index is 2.71. The quantitative estimate of drug-likeness (QED) is 0.682. The summed E-state index contributed by atoms with van der Waals surface area (Å²) in [7, 11) is 0. The highest BCUT2D eigenvalue weighted by molar-refractivity contribution is 5.91. The molecule has 0 unspecified atom stereocenters. The van der Waals surface area contributed by atoms with Crippen LogP contribution < -0.4 is 11.1 Å². The van der Waals surface area contributed by atoms with Gasteiger partial charge < -0.3 is 11.1 Å². The molecular weight excluding hydrogens is 194 g/mol. The lowest BCUT2D eigenvalue weighted by Crippen LogP contribution is -2.45. The molecule has 0 saturated heterocycles. The molecule has 4 N–H and O–H groups in total. The van der Waals surface area contributed by atoms with E-state index in [1.165, 1.54) is 0 Å². The van der Waals surface area contributed by atoms with Crippen molar-refractivity contribution in [3.63, 3.8) is 0 Å². The monoisotopic (exact) mass is 211 g/mol. The third kappa shape index (κ3) is 2.68.